The number of hydrogen-bond donors (Lipinski definition) is 1. The largest absolute Gasteiger partial charge is 0.872 e. The molecule has 0 aliphatic heterocycles. The predicted molar refractivity (Wildman–Crippen MR) is 90.8 cm³/mol. The minimum atomic E-state index is -0.923. The van der Waals surface area contributed by atoms with E-state index in [-0.39, 0.29) is 5.75 Å². The number of hydrogen-bond acceptors (Lipinski definition) is 3. The molecule has 0 saturated carbocycles. The number of allylic oxidation sites excluding steroid dienone is 1. The summed E-state index contributed by atoms with van der Waals surface area (Å²) < 4.78 is 0. The fourth-order valence-electron chi connectivity index (χ4n) is 3.33. The van der Waals surface area contributed by atoms with Crippen LogP contribution in [0.15, 0.2) is 48.5 Å². The Labute approximate surface area is 138 Å². The van der Waals surface area contributed by atoms with Crippen LogP contribution in [0.4, 0.5) is 0 Å². The lowest BCUT2D eigenvalue weighted by molar-refractivity contribution is -0.268. The van der Waals surface area contributed by atoms with Crippen molar-refractivity contribution in [2.24, 2.45) is 0 Å². The molecule has 4 nitrogen and oxygen atoms in total. The van der Waals surface area contributed by atoms with E-state index in [1.807, 2.05) is 30.3 Å². The molecule has 0 unspecified atom stereocenters. The molecule has 3 aromatic rings. The number of nitrogens with zero attached hydrogens (tertiary/aromatic N) is 1. The molecule has 118 valence electrons. The molecule has 1 N–H and O–H groups in total. The highest BCUT2D eigenvalue weighted by atomic mass is 16.4. The topological polar surface area (TPSA) is 73.2 Å². The van der Waals surface area contributed by atoms with Crippen molar-refractivity contribution in [2.45, 2.75) is 12.8 Å². The number of pyridine rings is 1. The SMILES string of the molecule is O=C(O)c1c2c(nc3ccccc13)/C(=C/c1cccc([O-])c1)CC2. The highest BCUT2D eigenvalue weighted by molar-refractivity contribution is 6.06. The zero-order chi connectivity index (χ0) is 16.7. The van der Waals surface area contributed by atoms with Crippen LogP contribution in [0, 0.1) is 0 Å². The second-order valence-corrected chi connectivity index (χ2v) is 5.88. The molecule has 24 heavy (non-hydrogen) atoms. The minimum Gasteiger partial charge on any atom is -0.872 e. The molecule has 1 aliphatic carbocycles. The maximum absolute atomic E-state index is 11.8. The van der Waals surface area contributed by atoms with Gasteiger partial charge in [0.2, 0.25) is 0 Å². The molecule has 1 heterocycles. The molecule has 0 spiro atoms. The molecule has 4 heteroatoms. The number of benzene rings is 2. The van der Waals surface area contributed by atoms with Gasteiger partial charge >= 0.3 is 5.97 Å². The quantitative estimate of drug-likeness (QED) is 0.785. The first-order valence-corrected chi connectivity index (χ1v) is 7.76. The fraction of sp³-hybridized carbons (Fsp3) is 0.100. The Kier molecular flexibility index (Phi) is 3.31. The van der Waals surface area contributed by atoms with E-state index in [4.69, 9.17) is 0 Å². The lowest BCUT2D eigenvalue weighted by Crippen LogP contribution is -2.05. The maximum Gasteiger partial charge on any atom is 0.336 e. The van der Waals surface area contributed by atoms with Gasteiger partial charge < -0.3 is 10.2 Å². The van der Waals surface area contributed by atoms with Gasteiger partial charge in [-0.3, -0.25) is 0 Å². The summed E-state index contributed by atoms with van der Waals surface area (Å²) in [7, 11) is 0. The highest BCUT2D eigenvalue weighted by Gasteiger charge is 2.26. The molecule has 0 amide bonds. The van der Waals surface area contributed by atoms with Crippen molar-refractivity contribution in [1.29, 1.82) is 0 Å². The van der Waals surface area contributed by atoms with E-state index >= 15 is 0 Å². The number of fused-ring (bicyclic) bond motifs is 2. The van der Waals surface area contributed by atoms with E-state index in [1.54, 1.807) is 18.2 Å². The van der Waals surface area contributed by atoms with E-state index in [2.05, 4.69) is 4.98 Å². The lowest BCUT2D eigenvalue weighted by Gasteiger charge is -2.09. The van der Waals surface area contributed by atoms with Gasteiger partial charge in [0.15, 0.2) is 0 Å². The first-order valence-electron chi connectivity index (χ1n) is 7.76. The summed E-state index contributed by atoms with van der Waals surface area (Å²) in [5.41, 5.74) is 4.34. The summed E-state index contributed by atoms with van der Waals surface area (Å²) >= 11 is 0. The number of aromatic nitrogens is 1. The summed E-state index contributed by atoms with van der Waals surface area (Å²) in [5.74, 6) is -0.965. The van der Waals surface area contributed by atoms with Gasteiger partial charge in [0.25, 0.3) is 0 Å². The molecule has 1 aliphatic rings. The summed E-state index contributed by atoms with van der Waals surface area (Å²) in [4.78, 5) is 16.5. The van der Waals surface area contributed by atoms with Crippen LogP contribution < -0.4 is 5.11 Å². The van der Waals surface area contributed by atoms with Crippen molar-refractivity contribution in [3.8, 4) is 5.75 Å². The third kappa shape index (κ3) is 2.33. The number of carboxylic acids is 1. The van der Waals surface area contributed by atoms with E-state index in [9.17, 15) is 15.0 Å². The summed E-state index contributed by atoms with van der Waals surface area (Å²) in [5, 5.41) is 21.8. The molecular weight excluding hydrogens is 302 g/mol. The van der Waals surface area contributed by atoms with Gasteiger partial charge in [0, 0.05) is 5.39 Å². The molecule has 0 saturated heterocycles. The Bertz CT molecular complexity index is 1000. The Morgan fingerprint density at radius 1 is 1.12 bits per heavy atom. The van der Waals surface area contributed by atoms with Crippen molar-refractivity contribution in [2.75, 3.05) is 0 Å². The third-order valence-electron chi connectivity index (χ3n) is 4.35. The summed E-state index contributed by atoms with van der Waals surface area (Å²) in [6.07, 6.45) is 3.31. The number of carbonyl (C=O) groups is 1. The Balaban J connectivity index is 1.94. The zero-order valence-corrected chi connectivity index (χ0v) is 12.8. The molecule has 0 atom stereocenters. The van der Waals surface area contributed by atoms with Crippen LogP contribution in [0.25, 0.3) is 22.6 Å². The minimum absolute atomic E-state index is 0.0414. The Morgan fingerprint density at radius 2 is 1.96 bits per heavy atom. The summed E-state index contributed by atoms with van der Waals surface area (Å²) in [6, 6.07) is 14.0. The second-order valence-electron chi connectivity index (χ2n) is 5.88. The molecule has 0 fully saturated rings. The van der Waals surface area contributed by atoms with Crippen LogP contribution >= 0.6 is 0 Å². The van der Waals surface area contributed by atoms with Crippen LogP contribution in [-0.4, -0.2) is 16.1 Å². The molecule has 0 radical (unpaired) electrons. The third-order valence-corrected chi connectivity index (χ3v) is 4.35. The van der Waals surface area contributed by atoms with E-state index in [0.29, 0.717) is 22.9 Å². The normalized spacial score (nSPS) is 14.9. The van der Waals surface area contributed by atoms with Crippen molar-refractivity contribution < 1.29 is 15.0 Å². The van der Waals surface area contributed by atoms with Crippen molar-refractivity contribution in [1.82, 2.24) is 4.98 Å². The first kappa shape index (κ1) is 14.5. The summed E-state index contributed by atoms with van der Waals surface area (Å²) in [6.45, 7) is 0. The van der Waals surface area contributed by atoms with Crippen LogP contribution in [0.1, 0.15) is 33.6 Å². The van der Waals surface area contributed by atoms with Gasteiger partial charge in [-0.2, -0.15) is 0 Å². The van der Waals surface area contributed by atoms with Gasteiger partial charge in [0.1, 0.15) is 0 Å². The molecular formula is C20H14NO3-. The Hall–Kier alpha value is -3.14. The standard InChI is InChI=1S/C20H15NO3/c22-14-5-3-4-12(11-14)10-13-8-9-16-18(20(23)24)15-6-1-2-7-17(15)21-19(13)16/h1-7,10-11,22H,8-9H2,(H,23,24)/p-1/b13-10+. The maximum atomic E-state index is 11.8. The van der Waals surface area contributed by atoms with E-state index in [0.717, 1.165) is 28.8 Å². The number of aromatic carboxylic acids is 1. The van der Waals surface area contributed by atoms with Crippen molar-refractivity contribution in [3.63, 3.8) is 0 Å². The van der Waals surface area contributed by atoms with Gasteiger partial charge in [0.05, 0.1) is 16.8 Å². The van der Waals surface area contributed by atoms with Gasteiger partial charge in [-0.15, -0.1) is 5.75 Å². The van der Waals surface area contributed by atoms with Gasteiger partial charge in [-0.25, -0.2) is 9.78 Å². The van der Waals surface area contributed by atoms with Crippen molar-refractivity contribution >= 4 is 28.5 Å². The van der Waals surface area contributed by atoms with Crippen LogP contribution in [0.2, 0.25) is 0 Å². The van der Waals surface area contributed by atoms with Crippen LogP contribution in [0.5, 0.6) is 5.75 Å². The first-order chi connectivity index (χ1) is 11.6. The highest BCUT2D eigenvalue weighted by Crippen LogP contribution is 2.37. The van der Waals surface area contributed by atoms with Gasteiger partial charge in [-0.1, -0.05) is 42.5 Å². The smallest absolute Gasteiger partial charge is 0.336 e. The molecule has 0 bridgehead atoms. The lowest BCUT2D eigenvalue weighted by atomic mass is 10.0. The molecule has 1 aromatic heterocycles. The van der Waals surface area contributed by atoms with E-state index in [1.165, 1.54) is 6.07 Å². The second kappa shape index (κ2) is 5.49. The number of para-hydroxylation sites is 1. The van der Waals surface area contributed by atoms with Crippen molar-refractivity contribution in [3.05, 3.63) is 70.9 Å². The predicted octanol–water partition coefficient (Wildman–Crippen LogP) is 3.49. The molecule has 4 rings (SSSR count). The van der Waals surface area contributed by atoms with Crippen LogP contribution in [-0.2, 0) is 6.42 Å². The molecule has 2 aromatic carbocycles. The number of carboxylic acid groups (broad SMARTS) is 1. The Morgan fingerprint density at radius 3 is 2.75 bits per heavy atom. The average Bonchev–Trinajstić information content (AvgIpc) is 2.94. The number of rotatable bonds is 2. The zero-order valence-electron chi connectivity index (χ0n) is 12.8. The monoisotopic (exact) mass is 316 g/mol. The fourth-order valence-corrected chi connectivity index (χ4v) is 3.33. The van der Waals surface area contributed by atoms with Crippen LogP contribution in [0.3, 0.4) is 0 Å². The average molecular weight is 316 g/mol. The van der Waals surface area contributed by atoms with Gasteiger partial charge in [-0.05, 0) is 41.7 Å². The van der Waals surface area contributed by atoms with E-state index < -0.39 is 5.97 Å².